The first kappa shape index (κ1) is 15.4. The molecule has 0 radical (unpaired) electrons. The van der Waals surface area contributed by atoms with Crippen LogP contribution >= 0.6 is 0 Å². The summed E-state index contributed by atoms with van der Waals surface area (Å²) in [7, 11) is 0. The molecule has 2 N–H and O–H groups in total. The van der Waals surface area contributed by atoms with Crippen LogP contribution in [0.3, 0.4) is 0 Å². The monoisotopic (exact) mass is 259 g/mol. The minimum atomic E-state index is -1.16. The maximum Gasteiger partial charge on any atom is 0.255 e. The third-order valence-electron chi connectivity index (χ3n) is 3.44. The van der Waals surface area contributed by atoms with E-state index in [0.29, 0.717) is 32.7 Å². The van der Waals surface area contributed by atoms with Gasteiger partial charge in [0.25, 0.3) is 5.91 Å². The third kappa shape index (κ3) is 2.53. The number of hydrogen-bond acceptors (Lipinski definition) is 4. The molecule has 1 amide bonds. The highest BCUT2D eigenvalue weighted by Crippen LogP contribution is 2.43. The molecule has 1 unspecified atom stereocenters. The van der Waals surface area contributed by atoms with Gasteiger partial charge >= 0.3 is 0 Å². The van der Waals surface area contributed by atoms with Crippen LogP contribution in [-0.4, -0.2) is 37.1 Å². The molecule has 106 valence electrons. The fourth-order valence-corrected chi connectivity index (χ4v) is 2.82. The molecule has 1 aliphatic rings. The highest BCUT2D eigenvalue weighted by atomic mass is 16.7. The van der Waals surface area contributed by atoms with Crippen molar-refractivity contribution >= 4 is 5.91 Å². The predicted octanol–water partition coefficient (Wildman–Crippen LogP) is 1.59. The number of hydrogen-bond donors (Lipinski definition) is 1. The maximum absolute atomic E-state index is 12.0. The van der Waals surface area contributed by atoms with E-state index in [4.69, 9.17) is 19.9 Å². The van der Waals surface area contributed by atoms with Crippen molar-refractivity contribution in [2.45, 2.75) is 57.8 Å². The van der Waals surface area contributed by atoms with Crippen LogP contribution in [0.4, 0.5) is 0 Å². The summed E-state index contributed by atoms with van der Waals surface area (Å²) < 4.78 is 17.3. The summed E-state index contributed by atoms with van der Waals surface area (Å²) in [4.78, 5) is 12.0. The molecule has 0 aromatic heterocycles. The molecule has 1 rings (SSSR count). The van der Waals surface area contributed by atoms with Crippen LogP contribution in [0, 0.1) is 0 Å². The van der Waals surface area contributed by atoms with E-state index in [1.807, 2.05) is 20.8 Å². The van der Waals surface area contributed by atoms with E-state index in [1.54, 1.807) is 0 Å². The van der Waals surface area contributed by atoms with Crippen LogP contribution in [0.5, 0.6) is 0 Å². The van der Waals surface area contributed by atoms with Gasteiger partial charge in [-0.2, -0.15) is 0 Å². The summed E-state index contributed by atoms with van der Waals surface area (Å²) in [6.45, 7) is 6.94. The fourth-order valence-electron chi connectivity index (χ4n) is 2.82. The van der Waals surface area contributed by atoms with Gasteiger partial charge in [0.1, 0.15) is 0 Å². The Kier molecular flexibility index (Phi) is 5.56. The first-order valence-corrected chi connectivity index (χ1v) is 6.80. The molecule has 0 aliphatic heterocycles. The van der Waals surface area contributed by atoms with Crippen molar-refractivity contribution in [1.29, 1.82) is 0 Å². The van der Waals surface area contributed by atoms with Crippen LogP contribution in [-0.2, 0) is 19.0 Å². The largest absolute Gasteiger partial charge is 0.367 e. The lowest BCUT2D eigenvalue weighted by atomic mass is 9.77. The van der Waals surface area contributed by atoms with Crippen molar-refractivity contribution in [1.82, 2.24) is 0 Å². The van der Waals surface area contributed by atoms with Crippen LogP contribution in [0.2, 0.25) is 0 Å². The highest BCUT2D eigenvalue weighted by molar-refractivity contribution is 5.85. The van der Waals surface area contributed by atoms with Gasteiger partial charge in [-0.05, 0) is 40.0 Å². The van der Waals surface area contributed by atoms with Gasteiger partial charge in [0, 0.05) is 26.2 Å². The number of rotatable bonds is 7. The quantitative estimate of drug-likeness (QED) is 0.705. The average Bonchev–Trinajstić information content (AvgIpc) is 2.33. The van der Waals surface area contributed by atoms with E-state index in [2.05, 4.69) is 0 Å². The zero-order valence-corrected chi connectivity index (χ0v) is 11.7. The van der Waals surface area contributed by atoms with Gasteiger partial charge in [0.2, 0.25) is 5.79 Å². The number of ether oxygens (including phenoxy) is 3. The predicted molar refractivity (Wildman–Crippen MR) is 68.0 cm³/mol. The summed E-state index contributed by atoms with van der Waals surface area (Å²) in [5, 5.41) is 0. The van der Waals surface area contributed by atoms with Gasteiger partial charge in [-0.25, -0.2) is 0 Å². The first-order valence-electron chi connectivity index (χ1n) is 6.80. The Balaban J connectivity index is 3.15. The molecule has 1 saturated carbocycles. The Morgan fingerprint density at radius 3 is 1.94 bits per heavy atom. The molecule has 0 heterocycles. The molecular formula is C13H25NO4. The summed E-state index contributed by atoms with van der Waals surface area (Å²) in [6.07, 6.45) is 3.03. The van der Waals surface area contributed by atoms with Crippen LogP contribution < -0.4 is 5.73 Å². The second-order valence-electron chi connectivity index (χ2n) is 4.45. The third-order valence-corrected chi connectivity index (χ3v) is 3.44. The number of nitrogens with two attached hydrogens (primary N) is 1. The molecule has 0 spiro atoms. The smallest absolute Gasteiger partial charge is 0.255 e. The van der Waals surface area contributed by atoms with Crippen molar-refractivity contribution in [3.8, 4) is 0 Å². The van der Waals surface area contributed by atoms with Gasteiger partial charge < -0.3 is 19.9 Å². The van der Waals surface area contributed by atoms with E-state index in [9.17, 15) is 4.79 Å². The van der Waals surface area contributed by atoms with Crippen LogP contribution in [0.15, 0.2) is 0 Å². The van der Waals surface area contributed by atoms with Gasteiger partial charge in [0.05, 0.1) is 0 Å². The molecule has 5 heteroatoms. The molecule has 18 heavy (non-hydrogen) atoms. The van der Waals surface area contributed by atoms with Crippen molar-refractivity contribution in [3.05, 3.63) is 0 Å². The zero-order valence-electron chi connectivity index (χ0n) is 11.7. The van der Waals surface area contributed by atoms with Crippen molar-refractivity contribution < 1.29 is 19.0 Å². The fraction of sp³-hybridized carbons (Fsp3) is 0.923. The second-order valence-corrected chi connectivity index (χ2v) is 4.45. The van der Waals surface area contributed by atoms with E-state index in [1.165, 1.54) is 0 Å². The Morgan fingerprint density at radius 1 is 1.00 bits per heavy atom. The molecule has 5 nitrogen and oxygen atoms in total. The van der Waals surface area contributed by atoms with Crippen molar-refractivity contribution in [2.75, 3.05) is 19.8 Å². The van der Waals surface area contributed by atoms with Crippen LogP contribution in [0.1, 0.15) is 46.5 Å². The number of primary amides is 1. The molecule has 1 aliphatic carbocycles. The normalized spacial score (nSPS) is 27.1. The number of carbonyl (C=O) groups excluding carboxylic acids is 1. The van der Waals surface area contributed by atoms with Gasteiger partial charge in [-0.3, -0.25) is 4.79 Å². The molecule has 0 aromatic rings. The van der Waals surface area contributed by atoms with E-state index in [-0.39, 0.29) is 0 Å². The summed E-state index contributed by atoms with van der Waals surface area (Å²) in [6, 6.07) is 0. The second kappa shape index (κ2) is 6.50. The van der Waals surface area contributed by atoms with E-state index < -0.39 is 17.3 Å². The average molecular weight is 259 g/mol. The topological polar surface area (TPSA) is 70.8 Å². The Bertz CT molecular complexity index is 267. The highest BCUT2D eigenvalue weighted by Gasteiger charge is 2.60. The minimum Gasteiger partial charge on any atom is -0.367 e. The zero-order chi connectivity index (χ0) is 13.6. The van der Waals surface area contributed by atoms with Gasteiger partial charge in [-0.15, -0.1) is 0 Å². The van der Waals surface area contributed by atoms with Crippen molar-refractivity contribution in [2.24, 2.45) is 5.73 Å². The lowest BCUT2D eigenvalue weighted by Gasteiger charge is -2.49. The van der Waals surface area contributed by atoms with Gasteiger partial charge in [0.15, 0.2) is 5.60 Å². The molecule has 0 saturated heterocycles. The van der Waals surface area contributed by atoms with E-state index >= 15 is 0 Å². The van der Waals surface area contributed by atoms with Crippen LogP contribution in [0.25, 0.3) is 0 Å². The molecule has 0 aromatic carbocycles. The molecule has 1 fully saturated rings. The SMILES string of the molecule is CCOC1(OCC)CCCCC1(OCC)C(N)=O. The summed E-state index contributed by atoms with van der Waals surface area (Å²) >= 11 is 0. The standard InChI is InChI=1S/C13H25NO4/c1-4-16-12(11(14)15)9-7-8-10-13(12,17-5-2)18-6-3/h4-10H2,1-3H3,(H2,14,15). The van der Waals surface area contributed by atoms with Gasteiger partial charge in [-0.1, -0.05) is 0 Å². The number of amides is 1. The Labute approximate surface area is 109 Å². The lowest BCUT2D eigenvalue weighted by Crippen LogP contribution is -2.67. The molecule has 1 atom stereocenters. The lowest BCUT2D eigenvalue weighted by molar-refractivity contribution is -0.330. The Hall–Kier alpha value is -0.650. The number of carbonyl (C=O) groups is 1. The summed E-state index contributed by atoms with van der Waals surface area (Å²) in [5.74, 6) is -1.53. The minimum absolute atomic E-state index is 0.408. The summed E-state index contributed by atoms with van der Waals surface area (Å²) in [5.41, 5.74) is 4.44. The molecular weight excluding hydrogens is 234 g/mol. The first-order chi connectivity index (χ1) is 8.58. The molecule has 0 bridgehead atoms. The van der Waals surface area contributed by atoms with Crippen molar-refractivity contribution in [3.63, 3.8) is 0 Å². The van der Waals surface area contributed by atoms with E-state index in [0.717, 1.165) is 12.8 Å². The Morgan fingerprint density at radius 2 is 1.50 bits per heavy atom. The maximum atomic E-state index is 12.0.